The molecule has 0 aliphatic carbocycles. The van der Waals surface area contributed by atoms with Gasteiger partial charge in [0.1, 0.15) is 0 Å². The summed E-state index contributed by atoms with van der Waals surface area (Å²) >= 11 is 0. The lowest BCUT2D eigenvalue weighted by Crippen LogP contribution is -2.51. The van der Waals surface area contributed by atoms with E-state index in [-0.39, 0.29) is 37.1 Å². The number of amides is 3. The van der Waals surface area contributed by atoms with E-state index in [9.17, 15) is 14.4 Å². The molecule has 0 radical (unpaired) electrons. The third-order valence-corrected chi connectivity index (χ3v) is 6.92. The number of hydrogen-bond acceptors (Lipinski definition) is 6. The maximum absolute atomic E-state index is 13.9. The molecule has 2 aliphatic heterocycles. The Morgan fingerprint density at radius 1 is 1.09 bits per heavy atom. The summed E-state index contributed by atoms with van der Waals surface area (Å²) in [4.78, 5) is 50.0. The van der Waals surface area contributed by atoms with Crippen LogP contribution in [-0.2, 0) is 31.1 Å². The third-order valence-electron chi connectivity index (χ3n) is 6.92. The molecule has 2 aromatic rings. The molecule has 2 fully saturated rings. The summed E-state index contributed by atoms with van der Waals surface area (Å²) in [5, 5.41) is 0. The van der Waals surface area contributed by atoms with Gasteiger partial charge in [0, 0.05) is 65.1 Å². The number of piperazine rings is 1. The van der Waals surface area contributed by atoms with Crippen LogP contribution in [0.2, 0.25) is 0 Å². The molecule has 1 aromatic heterocycles. The Kier molecular flexibility index (Phi) is 7.38. The molecule has 2 aliphatic rings. The number of likely N-dealkylation sites (tertiary alicyclic amines) is 1. The summed E-state index contributed by atoms with van der Waals surface area (Å²) in [7, 11) is 1.68. The fourth-order valence-electron chi connectivity index (χ4n) is 5.00. The molecule has 180 valence electrons. The first-order valence-corrected chi connectivity index (χ1v) is 11.7. The van der Waals surface area contributed by atoms with E-state index in [4.69, 9.17) is 4.74 Å². The van der Waals surface area contributed by atoms with Gasteiger partial charge in [-0.05, 0) is 29.7 Å². The van der Waals surface area contributed by atoms with Crippen LogP contribution in [0.5, 0.6) is 0 Å². The standard InChI is InChI=1S/C26H32N4O4/c1-20-6-3-4-8-22(20)26(16-23(31)29-12-10-28(11-13-29)14-15-34-2)17-24(32)30(25(26)33)19-21-7-5-9-27-18-21/h3-9,18H,10-17,19H2,1-2H3/t26-/m0/s1. The van der Waals surface area contributed by atoms with Crippen molar-refractivity contribution in [3.05, 3.63) is 65.5 Å². The number of hydrogen-bond donors (Lipinski definition) is 0. The van der Waals surface area contributed by atoms with Crippen LogP contribution in [0, 0.1) is 6.92 Å². The Hall–Kier alpha value is -3.10. The lowest BCUT2D eigenvalue weighted by Gasteiger charge is -2.37. The van der Waals surface area contributed by atoms with Gasteiger partial charge in [0.2, 0.25) is 17.7 Å². The molecular weight excluding hydrogens is 432 g/mol. The number of aromatic nitrogens is 1. The molecule has 1 aromatic carbocycles. The Bertz CT molecular complexity index is 1040. The monoisotopic (exact) mass is 464 g/mol. The zero-order chi connectivity index (χ0) is 24.1. The van der Waals surface area contributed by atoms with Crippen LogP contribution in [0.4, 0.5) is 0 Å². The number of benzene rings is 1. The van der Waals surface area contributed by atoms with Crippen LogP contribution in [-0.4, -0.2) is 83.8 Å². The first-order chi connectivity index (χ1) is 16.4. The number of carbonyl (C=O) groups excluding carboxylic acids is 3. The number of imide groups is 1. The molecule has 3 amide bonds. The van der Waals surface area contributed by atoms with Crippen LogP contribution in [0.15, 0.2) is 48.8 Å². The first kappa shape index (κ1) is 24.0. The number of aryl methyl sites for hydroxylation is 1. The molecule has 1 atom stereocenters. The molecule has 2 saturated heterocycles. The van der Waals surface area contributed by atoms with Crippen molar-refractivity contribution in [2.45, 2.75) is 31.7 Å². The largest absolute Gasteiger partial charge is 0.383 e. The average molecular weight is 465 g/mol. The maximum Gasteiger partial charge on any atom is 0.241 e. The molecule has 3 heterocycles. The maximum atomic E-state index is 13.9. The van der Waals surface area contributed by atoms with Gasteiger partial charge in [0.05, 0.1) is 18.6 Å². The van der Waals surface area contributed by atoms with Crippen LogP contribution < -0.4 is 0 Å². The molecule has 34 heavy (non-hydrogen) atoms. The Morgan fingerprint density at radius 2 is 1.85 bits per heavy atom. The van der Waals surface area contributed by atoms with Gasteiger partial charge in [-0.3, -0.25) is 29.2 Å². The number of pyridine rings is 1. The van der Waals surface area contributed by atoms with Crippen molar-refractivity contribution >= 4 is 17.7 Å². The summed E-state index contributed by atoms with van der Waals surface area (Å²) in [5.74, 6) is -0.643. The van der Waals surface area contributed by atoms with Crippen molar-refractivity contribution < 1.29 is 19.1 Å². The van der Waals surface area contributed by atoms with Gasteiger partial charge in [0.15, 0.2) is 0 Å². The minimum Gasteiger partial charge on any atom is -0.383 e. The average Bonchev–Trinajstić information content (AvgIpc) is 3.08. The summed E-state index contributed by atoms with van der Waals surface area (Å²) in [6.07, 6.45) is 3.30. The molecule has 8 nitrogen and oxygen atoms in total. The van der Waals surface area contributed by atoms with Crippen molar-refractivity contribution in [1.29, 1.82) is 0 Å². The molecule has 0 N–H and O–H groups in total. The third kappa shape index (κ3) is 4.88. The Balaban J connectivity index is 1.57. The Morgan fingerprint density at radius 3 is 2.53 bits per heavy atom. The van der Waals surface area contributed by atoms with Crippen molar-refractivity contribution in [3.8, 4) is 0 Å². The number of ether oxygens (including phenoxy) is 1. The van der Waals surface area contributed by atoms with Crippen molar-refractivity contribution in [2.75, 3.05) is 46.4 Å². The van der Waals surface area contributed by atoms with E-state index in [0.717, 1.165) is 36.3 Å². The van der Waals surface area contributed by atoms with E-state index in [0.29, 0.717) is 19.7 Å². The highest BCUT2D eigenvalue weighted by Gasteiger charge is 2.54. The first-order valence-electron chi connectivity index (χ1n) is 11.7. The van der Waals surface area contributed by atoms with E-state index in [1.165, 1.54) is 4.90 Å². The normalized spacial score (nSPS) is 21.4. The minimum atomic E-state index is -1.19. The van der Waals surface area contributed by atoms with Crippen molar-refractivity contribution in [1.82, 2.24) is 19.7 Å². The molecule has 0 bridgehead atoms. The van der Waals surface area contributed by atoms with E-state index >= 15 is 0 Å². The van der Waals surface area contributed by atoms with Crippen molar-refractivity contribution in [3.63, 3.8) is 0 Å². The summed E-state index contributed by atoms with van der Waals surface area (Å²) in [6.45, 7) is 6.33. The van der Waals surface area contributed by atoms with Gasteiger partial charge in [0.25, 0.3) is 0 Å². The smallest absolute Gasteiger partial charge is 0.241 e. The van der Waals surface area contributed by atoms with Gasteiger partial charge in [-0.25, -0.2) is 0 Å². The Labute approximate surface area is 200 Å². The number of nitrogens with zero attached hydrogens (tertiary/aromatic N) is 4. The molecule has 0 saturated carbocycles. The molecule has 0 unspecified atom stereocenters. The fourth-order valence-corrected chi connectivity index (χ4v) is 5.00. The second-order valence-corrected chi connectivity index (χ2v) is 9.11. The predicted molar refractivity (Wildman–Crippen MR) is 127 cm³/mol. The van der Waals surface area contributed by atoms with Crippen LogP contribution in [0.3, 0.4) is 0 Å². The number of carbonyl (C=O) groups is 3. The van der Waals surface area contributed by atoms with Gasteiger partial charge >= 0.3 is 0 Å². The molecular formula is C26H32N4O4. The van der Waals surface area contributed by atoms with Crippen LogP contribution in [0.1, 0.15) is 29.5 Å². The second-order valence-electron chi connectivity index (χ2n) is 9.11. The lowest BCUT2D eigenvalue weighted by atomic mass is 9.74. The van der Waals surface area contributed by atoms with Crippen LogP contribution >= 0.6 is 0 Å². The van der Waals surface area contributed by atoms with Crippen molar-refractivity contribution in [2.24, 2.45) is 0 Å². The van der Waals surface area contributed by atoms with Gasteiger partial charge < -0.3 is 9.64 Å². The summed E-state index contributed by atoms with van der Waals surface area (Å²) in [6, 6.07) is 11.2. The summed E-state index contributed by atoms with van der Waals surface area (Å²) in [5.41, 5.74) is 1.26. The van der Waals surface area contributed by atoms with E-state index in [2.05, 4.69) is 9.88 Å². The lowest BCUT2D eigenvalue weighted by molar-refractivity contribution is -0.143. The zero-order valence-corrected chi connectivity index (χ0v) is 19.9. The fraction of sp³-hybridized carbons (Fsp3) is 0.462. The van der Waals surface area contributed by atoms with Gasteiger partial charge in [-0.2, -0.15) is 0 Å². The number of rotatable bonds is 8. The van der Waals surface area contributed by atoms with Gasteiger partial charge in [-0.15, -0.1) is 0 Å². The second kappa shape index (κ2) is 10.4. The number of methoxy groups -OCH3 is 1. The molecule has 8 heteroatoms. The molecule has 4 rings (SSSR count). The topological polar surface area (TPSA) is 83.1 Å². The van der Waals surface area contributed by atoms with Gasteiger partial charge in [-0.1, -0.05) is 30.3 Å². The van der Waals surface area contributed by atoms with E-state index < -0.39 is 5.41 Å². The zero-order valence-electron chi connectivity index (χ0n) is 19.9. The minimum absolute atomic E-state index is 0.00348. The highest BCUT2D eigenvalue weighted by molar-refractivity contribution is 6.10. The quantitative estimate of drug-likeness (QED) is 0.554. The van der Waals surface area contributed by atoms with E-state index in [1.807, 2.05) is 42.2 Å². The van der Waals surface area contributed by atoms with E-state index in [1.54, 1.807) is 25.6 Å². The van der Waals surface area contributed by atoms with Crippen LogP contribution in [0.25, 0.3) is 0 Å². The highest BCUT2D eigenvalue weighted by Crippen LogP contribution is 2.42. The SMILES string of the molecule is COCCN1CCN(C(=O)C[C@@]2(c3ccccc3C)CC(=O)N(Cc3cccnc3)C2=O)CC1. The molecule has 0 spiro atoms. The predicted octanol–water partition coefficient (Wildman–Crippen LogP) is 1.77. The highest BCUT2D eigenvalue weighted by atomic mass is 16.5. The summed E-state index contributed by atoms with van der Waals surface area (Å²) < 4.78 is 5.16.